The van der Waals surface area contributed by atoms with Gasteiger partial charge in [0.1, 0.15) is 0 Å². The molecule has 2 rings (SSSR count). The molecule has 1 aliphatic rings. The lowest BCUT2D eigenvalue weighted by molar-refractivity contribution is 0.0985. The summed E-state index contributed by atoms with van der Waals surface area (Å²) >= 11 is 1.88. The van der Waals surface area contributed by atoms with Crippen LogP contribution in [0.1, 0.15) is 37.1 Å². The Morgan fingerprint density at radius 2 is 2.44 bits per heavy atom. The van der Waals surface area contributed by atoms with E-state index in [0.29, 0.717) is 12.0 Å². The van der Waals surface area contributed by atoms with Crippen molar-refractivity contribution in [3.63, 3.8) is 0 Å². The number of thiophene rings is 1. The Labute approximate surface area is 102 Å². The third-order valence-corrected chi connectivity index (χ3v) is 4.45. The monoisotopic (exact) mass is 238 g/mol. The molecule has 2 N–H and O–H groups in total. The number of hydrogen-bond donors (Lipinski definition) is 1. The summed E-state index contributed by atoms with van der Waals surface area (Å²) in [6.45, 7) is 5.53. The van der Waals surface area contributed by atoms with E-state index >= 15 is 0 Å². The highest BCUT2D eigenvalue weighted by Crippen LogP contribution is 2.37. The molecule has 1 aliphatic heterocycles. The second kappa shape index (κ2) is 5.80. The van der Waals surface area contributed by atoms with Crippen LogP contribution >= 0.6 is 11.3 Å². The van der Waals surface area contributed by atoms with Crippen molar-refractivity contribution in [3.8, 4) is 0 Å². The van der Waals surface area contributed by atoms with Crippen molar-refractivity contribution in [3.05, 3.63) is 22.4 Å². The lowest BCUT2D eigenvalue weighted by Crippen LogP contribution is -2.41. The Morgan fingerprint density at radius 1 is 1.56 bits per heavy atom. The van der Waals surface area contributed by atoms with Gasteiger partial charge in [0.15, 0.2) is 0 Å². The number of nitrogens with two attached hydrogens (primary N) is 1. The molecule has 2 atom stereocenters. The van der Waals surface area contributed by atoms with Crippen LogP contribution in [0.2, 0.25) is 0 Å². The molecule has 0 aromatic carbocycles. The first-order valence-electron chi connectivity index (χ1n) is 6.34. The van der Waals surface area contributed by atoms with E-state index in [1.54, 1.807) is 0 Å². The van der Waals surface area contributed by atoms with E-state index in [4.69, 9.17) is 5.73 Å². The fraction of sp³-hybridized carbons (Fsp3) is 0.692. The van der Waals surface area contributed by atoms with E-state index in [9.17, 15) is 0 Å². The lowest BCUT2D eigenvalue weighted by Gasteiger charge is -2.40. The van der Waals surface area contributed by atoms with Gasteiger partial charge in [0.2, 0.25) is 0 Å². The molecule has 0 aliphatic carbocycles. The maximum Gasteiger partial charge on any atom is 0.0481 e. The van der Waals surface area contributed by atoms with Gasteiger partial charge in [-0.2, -0.15) is 0 Å². The second-order valence-corrected chi connectivity index (χ2v) is 5.61. The highest BCUT2D eigenvalue weighted by Gasteiger charge is 2.31. The molecule has 1 aromatic rings. The van der Waals surface area contributed by atoms with Crippen molar-refractivity contribution >= 4 is 11.3 Å². The smallest absolute Gasteiger partial charge is 0.0481 e. The van der Waals surface area contributed by atoms with Crippen molar-refractivity contribution in [1.82, 2.24) is 4.90 Å². The first-order chi connectivity index (χ1) is 7.86. The minimum atomic E-state index is 0.582. The molecule has 2 unspecified atom stereocenters. The molecule has 0 radical (unpaired) electrons. The molecular weight excluding hydrogens is 216 g/mol. The molecule has 16 heavy (non-hydrogen) atoms. The van der Waals surface area contributed by atoms with Crippen LogP contribution in [0.15, 0.2) is 17.5 Å². The molecule has 0 spiro atoms. The summed E-state index contributed by atoms with van der Waals surface area (Å²) in [5, 5.41) is 2.18. The molecule has 1 fully saturated rings. The first kappa shape index (κ1) is 12.1. The first-order valence-corrected chi connectivity index (χ1v) is 7.22. The average molecular weight is 238 g/mol. The topological polar surface area (TPSA) is 29.3 Å². The predicted octanol–water partition coefficient (Wildman–Crippen LogP) is 2.87. The van der Waals surface area contributed by atoms with Crippen molar-refractivity contribution < 1.29 is 0 Å². The third-order valence-electron chi connectivity index (χ3n) is 3.51. The number of rotatable bonds is 4. The Kier molecular flexibility index (Phi) is 4.38. The summed E-state index contributed by atoms with van der Waals surface area (Å²) in [7, 11) is 0. The fourth-order valence-corrected chi connectivity index (χ4v) is 3.76. The fourth-order valence-electron chi connectivity index (χ4n) is 2.81. The summed E-state index contributed by atoms with van der Waals surface area (Å²) in [5.41, 5.74) is 5.94. The molecule has 2 heterocycles. The van der Waals surface area contributed by atoms with Gasteiger partial charge in [0, 0.05) is 10.9 Å². The van der Waals surface area contributed by atoms with Crippen LogP contribution in [0.4, 0.5) is 0 Å². The number of hydrogen-bond acceptors (Lipinski definition) is 3. The SMILES string of the molecule is CCCN1CCCC(CN)C1c1cccs1. The summed E-state index contributed by atoms with van der Waals surface area (Å²) in [5.74, 6) is 0.652. The van der Waals surface area contributed by atoms with Crippen LogP contribution in [0.5, 0.6) is 0 Å². The Bertz CT molecular complexity index is 295. The van der Waals surface area contributed by atoms with Gasteiger partial charge in [-0.15, -0.1) is 11.3 Å². The van der Waals surface area contributed by atoms with Gasteiger partial charge in [0.25, 0.3) is 0 Å². The largest absolute Gasteiger partial charge is 0.330 e. The summed E-state index contributed by atoms with van der Waals surface area (Å²) in [6, 6.07) is 5.01. The summed E-state index contributed by atoms with van der Waals surface area (Å²) in [4.78, 5) is 4.14. The molecule has 0 bridgehead atoms. The molecule has 1 saturated heterocycles. The molecule has 0 amide bonds. The molecule has 90 valence electrons. The zero-order valence-electron chi connectivity index (χ0n) is 10.1. The molecule has 2 nitrogen and oxygen atoms in total. The molecular formula is C13H22N2S. The highest BCUT2D eigenvalue weighted by molar-refractivity contribution is 7.10. The molecule has 1 aromatic heterocycles. The van der Waals surface area contributed by atoms with E-state index in [1.807, 2.05) is 11.3 Å². The number of piperidine rings is 1. The maximum absolute atomic E-state index is 5.94. The van der Waals surface area contributed by atoms with Gasteiger partial charge in [-0.1, -0.05) is 13.0 Å². The van der Waals surface area contributed by atoms with E-state index in [1.165, 1.54) is 37.2 Å². The van der Waals surface area contributed by atoms with Gasteiger partial charge in [-0.25, -0.2) is 0 Å². The van der Waals surface area contributed by atoms with Crippen LogP contribution in [0.25, 0.3) is 0 Å². The van der Waals surface area contributed by atoms with Crippen molar-refractivity contribution in [2.75, 3.05) is 19.6 Å². The Hall–Kier alpha value is -0.380. The van der Waals surface area contributed by atoms with Gasteiger partial charge >= 0.3 is 0 Å². The number of likely N-dealkylation sites (tertiary alicyclic amines) is 1. The van der Waals surface area contributed by atoms with Gasteiger partial charge < -0.3 is 5.73 Å². The van der Waals surface area contributed by atoms with Crippen molar-refractivity contribution in [2.45, 2.75) is 32.2 Å². The maximum atomic E-state index is 5.94. The highest BCUT2D eigenvalue weighted by atomic mass is 32.1. The normalized spacial score (nSPS) is 27.1. The van der Waals surface area contributed by atoms with Crippen LogP contribution in [0, 0.1) is 5.92 Å². The summed E-state index contributed by atoms with van der Waals surface area (Å²) in [6.07, 6.45) is 3.84. The minimum absolute atomic E-state index is 0.582. The second-order valence-electron chi connectivity index (χ2n) is 4.63. The van der Waals surface area contributed by atoms with E-state index in [-0.39, 0.29) is 0 Å². The standard InChI is InChI=1S/C13H22N2S/c1-2-7-15-8-3-5-11(10-14)13(15)12-6-4-9-16-12/h4,6,9,11,13H,2-3,5,7-8,10,14H2,1H3. The van der Waals surface area contributed by atoms with Gasteiger partial charge in [0.05, 0.1) is 0 Å². The Morgan fingerprint density at radius 3 is 3.06 bits per heavy atom. The van der Waals surface area contributed by atoms with Crippen LogP contribution in [0.3, 0.4) is 0 Å². The van der Waals surface area contributed by atoms with Crippen LogP contribution in [-0.4, -0.2) is 24.5 Å². The molecule has 3 heteroatoms. The van der Waals surface area contributed by atoms with Crippen molar-refractivity contribution in [1.29, 1.82) is 0 Å². The predicted molar refractivity (Wildman–Crippen MR) is 70.7 cm³/mol. The third kappa shape index (κ3) is 2.47. The van der Waals surface area contributed by atoms with E-state index in [0.717, 1.165) is 6.54 Å². The Balaban J connectivity index is 2.17. The number of nitrogens with zero attached hydrogens (tertiary/aromatic N) is 1. The zero-order valence-corrected chi connectivity index (χ0v) is 10.9. The summed E-state index contributed by atoms with van der Waals surface area (Å²) < 4.78 is 0. The average Bonchev–Trinajstić information content (AvgIpc) is 2.82. The van der Waals surface area contributed by atoms with Crippen LogP contribution in [-0.2, 0) is 0 Å². The van der Waals surface area contributed by atoms with Crippen molar-refractivity contribution in [2.24, 2.45) is 11.7 Å². The van der Waals surface area contributed by atoms with E-state index < -0.39 is 0 Å². The lowest BCUT2D eigenvalue weighted by atomic mass is 9.88. The van der Waals surface area contributed by atoms with Gasteiger partial charge in [-0.3, -0.25) is 4.90 Å². The zero-order chi connectivity index (χ0) is 11.4. The van der Waals surface area contributed by atoms with Gasteiger partial charge in [-0.05, 0) is 56.3 Å². The molecule has 0 saturated carbocycles. The van der Waals surface area contributed by atoms with E-state index in [2.05, 4.69) is 29.3 Å². The quantitative estimate of drug-likeness (QED) is 0.874. The minimum Gasteiger partial charge on any atom is -0.330 e. The van der Waals surface area contributed by atoms with Crippen LogP contribution < -0.4 is 5.73 Å².